The van der Waals surface area contributed by atoms with Crippen molar-refractivity contribution in [2.45, 2.75) is 46.0 Å². The van der Waals surface area contributed by atoms with Crippen LogP contribution in [0.25, 0.3) is 0 Å². The van der Waals surface area contributed by atoms with Gasteiger partial charge in [0, 0.05) is 6.42 Å². The maximum Gasteiger partial charge on any atom is 0.0102 e. The van der Waals surface area contributed by atoms with Gasteiger partial charge in [0.2, 0.25) is 0 Å². The number of allylic oxidation sites excluding steroid dienone is 2. The van der Waals surface area contributed by atoms with Gasteiger partial charge in [-0.3, -0.25) is 0 Å². The fourth-order valence-corrected chi connectivity index (χ4v) is 1.93. The van der Waals surface area contributed by atoms with Crippen LogP contribution in [0.2, 0.25) is 0 Å². The van der Waals surface area contributed by atoms with E-state index in [9.17, 15) is 0 Å². The molecular weight excluding hydrogens is 232 g/mol. The van der Waals surface area contributed by atoms with Gasteiger partial charge in [-0.1, -0.05) is 56.5 Å². The largest absolute Gasteiger partial charge is 0.103 e. The van der Waals surface area contributed by atoms with Crippen molar-refractivity contribution in [2.75, 3.05) is 0 Å². The molecule has 90 valence electrons. The summed E-state index contributed by atoms with van der Waals surface area (Å²) in [6, 6.07) is 0. The topological polar surface area (TPSA) is 0 Å². The summed E-state index contributed by atoms with van der Waals surface area (Å²) in [5.41, 5.74) is 1.26. The third-order valence-electron chi connectivity index (χ3n) is 2.56. The third kappa shape index (κ3) is 7.89. The molecule has 0 aromatic rings. The molecule has 0 saturated carbocycles. The summed E-state index contributed by atoms with van der Waals surface area (Å²) >= 11 is 10.5. The van der Waals surface area contributed by atoms with Crippen LogP contribution in [0.4, 0.5) is 0 Å². The van der Waals surface area contributed by atoms with Crippen molar-refractivity contribution in [3.05, 3.63) is 24.8 Å². The van der Waals surface area contributed by atoms with Crippen molar-refractivity contribution in [1.82, 2.24) is 0 Å². The lowest BCUT2D eigenvalue weighted by Gasteiger charge is -2.09. The summed E-state index contributed by atoms with van der Waals surface area (Å²) < 4.78 is 0. The van der Waals surface area contributed by atoms with Crippen LogP contribution in [-0.2, 0) is 0 Å². The Morgan fingerprint density at radius 2 is 1.88 bits per heavy atom. The number of hydrogen-bond acceptors (Lipinski definition) is 2. The first kappa shape index (κ1) is 15.7. The first-order chi connectivity index (χ1) is 7.49. The lowest BCUT2D eigenvalue weighted by atomic mass is 9.98. The average molecular weight is 254 g/mol. The average Bonchev–Trinajstić information content (AvgIpc) is 2.26. The zero-order chi connectivity index (χ0) is 12.6. The molecule has 0 aliphatic heterocycles. The molecule has 0 spiro atoms. The highest BCUT2D eigenvalue weighted by Gasteiger charge is 2.04. The van der Waals surface area contributed by atoms with Crippen LogP contribution in [0.3, 0.4) is 0 Å². The van der Waals surface area contributed by atoms with E-state index < -0.39 is 0 Å². The van der Waals surface area contributed by atoms with Crippen LogP contribution in [-0.4, -0.2) is 9.73 Å². The molecule has 2 heteroatoms. The minimum atomic E-state index is 0.512. The van der Waals surface area contributed by atoms with Gasteiger partial charge in [0.25, 0.3) is 0 Å². The highest BCUT2D eigenvalue weighted by molar-refractivity contribution is 7.82. The third-order valence-corrected chi connectivity index (χ3v) is 3.34. The van der Waals surface area contributed by atoms with Gasteiger partial charge in [0.05, 0.1) is 0 Å². The molecule has 0 nitrogen and oxygen atoms in total. The Morgan fingerprint density at radius 1 is 1.25 bits per heavy atom. The van der Waals surface area contributed by atoms with Gasteiger partial charge >= 0.3 is 0 Å². The molecule has 0 aromatic heterocycles. The zero-order valence-electron chi connectivity index (χ0n) is 10.4. The maximum atomic E-state index is 5.31. The molecule has 0 aliphatic rings. The SMILES string of the molecule is C=CC(C)CC(=C)CCC(=S)CC(=S)CC. The Bertz CT molecular complexity index is 276. The summed E-state index contributed by atoms with van der Waals surface area (Å²) in [6.07, 6.45) is 6.69. The van der Waals surface area contributed by atoms with Gasteiger partial charge in [-0.15, -0.1) is 6.58 Å². The fraction of sp³-hybridized carbons (Fsp3) is 0.571. The summed E-state index contributed by atoms with van der Waals surface area (Å²) in [7, 11) is 0. The summed E-state index contributed by atoms with van der Waals surface area (Å²) in [5, 5.41) is 0. The molecule has 0 radical (unpaired) electrons. The molecule has 0 aromatic carbocycles. The van der Waals surface area contributed by atoms with Gasteiger partial charge < -0.3 is 0 Å². The molecule has 1 atom stereocenters. The maximum absolute atomic E-state index is 5.31. The summed E-state index contributed by atoms with van der Waals surface area (Å²) in [4.78, 5) is 2.13. The van der Waals surface area contributed by atoms with Crippen molar-refractivity contribution in [2.24, 2.45) is 5.92 Å². The minimum Gasteiger partial charge on any atom is -0.103 e. The molecule has 0 heterocycles. The second-order valence-corrected chi connectivity index (χ2v) is 5.43. The van der Waals surface area contributed by atoms with Gasteiger partial charge in [-0.25, -0.2) is 0 Å². The second-order valence-electron chi connectivity index (χ2n) is 4.27. The van der Waals surface area contributed by atoms with Crippen LogP contribution in [0.15, 0.2) is 24.8 Å². The highest BCUT2D eigenvalue weighted by atomic mass is 32.1. The van der Waals surface area contributed by atoms with Crippen LogP contribution in [0.5, 0.6) is 0 Å². The van der Waals surface area contributed by atoms with E-state index in [0.29, 0.717) is 5.92 Å². The highest BCUT2D eigenvalue weighted by Crippen LogP contribution is 2.16. The summed E-state index contributed by atoms with van der Waals surface area (Å²) in [6.45, 7) is 12.1. The van der Waals surface area contributed by atoms with E-state index >= 15 is 0 Å². The van der Waals surface area contributed by atoms with Crippen molar-refractivity contribution in [3.8, 4) is 0 Å². The Hall–Kier alpha value is -0.340. The van der Waals surface area contributed by atoms with Gasteiger partial charge in [0.15, 0.2) is 0 Å². The van der Waals surface area contributed by atoms with Crippen molar-refractivity contribution in [3.63, 3.8) is 0 Å². The van der Waals surface area contributed by atoms with Gasteiger partial charge in [-0.05, 0) is 41.3 Å². The Kier molecular flexibility index (Phi) is 8.58. The minimum absolute atomic E-state index is 0.512. The van der Waals surface area contributed by atoms with Gasteiger partial charge in [-0.2, -0.15) is 0 Å². The first-order valence-electron chi connectivity index (χ1n) is 5.82. The Labute approximate surface area is 111 Å². The molecule has 0 rings (SSSR count). The Balaban J connectivity index is 3.79. The van der Waals surface area contributed by atoms with Crippen molar-refractivity contribution >= 4 is 34.2 Å². The Morgan fingerprint density at radius 3 is 2.38 bits per heavy atom. The van der Waals surface area contributed by atoms with E-state index in [1.54, 1.807) is 0 Å². The standard InChI is InChI=1S/C14H22S2/c1-5-11(3)9-12(4)7-8-14(16)10-13(15)6-2/h5,11H,1,4,6-10H2,2-3H3. The zero-order valence-corrected chi connectivity index (χ0v) is 12.1. The van der Waals surface area contributed by atoms with E-state index in [0.717, 1.165) is 41.8 Å². The molecule has 1 unspecified atom stereocenters. The second kappa shape index (κ2) is 8.77. The monoisotopic (exact) mass is 254 g/mol. The van der Waals surface area contributed by atoms with Crippen LogP contribution in [0.1, 0.15) is 46.0 Å². The summed E-state index contributed by atoms with van der Waals surface area (Å²) in [5.74, 6) is 0.512. The fourth-order valence-electron chi connectivity index (χ4n) is 1.39. The van der Waals surface area contributed by atoms with E-state index in [1.807, 2.05) is 6.08 Å². The molecule has 0 aliphatic carbocycles. The quantitative estimate of drug-likeness (QED) is 0.416. The molecule has 16 heavy (non-hydrogen) atoms. The molecular formula is C14H22S2. The normalized spacial score (nSPS) is 11.9. The lowest BCUT2D eigenvalue weighted by molar-refractivity contribution is 0.697. The molecule has 0 bridgehead atoms. The van der Waals surface area contributed by atoms with Crippen molar-refractivity contribution in [1.29, 1.82) is 0 Å². The van der Waals surface area contributed by atoms with E-state index in [2.05, 4.69) is 27.0 Å². The predicted octanol–water partition coefficient (Wildman–Crippen LogP) is 5.07. The predicted molar refractivity (Wildman–Crippen MR) is 82.5 cm³/mol. The van der Waals surface area contributed by atoms with Crippen LogP contribution >= 0.6 is 24.4 Å². The smallest absolute Gasteiger partial charge is 0.0102 e. The van der Waals surface area contributed by atoms with Crippen molar-refractivity contribution < 1.29 is 0 Å². The van der Waals surface area contributed by atoms with Crippen LogP contribution < -0.4 is 0 Å². The molecule has 0 saturated heterocycles. The van der Waals surface area contributed by atoms with Gasteiger partial charge in [0.1, 0.15) is 0 Å². The van der Waals surface area contributed by atoms with E-state index in [-0.39, 0.29) is 0 Å². The molecule has 0 fully saturated rings. The number of thiocarbonyl (C=S) groups is 2. The van der Waals surface area contributed by atoms with Crippen LogP contribution in [0, 0.1) is 5.92 Å². The first-order valence-corrected chi connectivity index (χ1v) is 6.63. The van der Waals surface area contributed by atoms with E-state index in [1.165, 1.54) is 5.57 Å². The molecule has 0 N–H and O–H groups in total. The van der Waals surface area contributed by atoms with E-state index in [4.69, 9.17) is 24.4 Å². The lowest BCUT2D eigenvalue weighted by Crippen LogP contribution is -2.03. The molecule has 0 amide bonds. The number of hydrogen-bond donors (Lipinski definition) is 0. The number of rotatable bonds is 9.